The predicted molar refractivity (Wildman–Crippen MR) is 73.9 cm³/mol. The number of amides is 1. The molecule has 0 aromatic rings. The van der Waals surface area contributed by atoms with Crippen LogP contribution in [0.1, 0.15) is 52.4 Å². The van der Waals surface area contributed by atoms with Gasteiger partial charge in [-0.3, -0.25) is 10.1 Å². The van der Waals surface area contributed by atoms with E-state index in [2.05, 4.69) is 10.1 Å². The molecular weight excluding hydrogens is 301 g/mol. The molecule has 128 valence electrons. The summed E-state index contributed by atoms with van der Waals surface area (Å²) >= 11 is 0. The third kappa shape index (κ3) is 4.34. The highest BCUT2D eigenvalue weighted by Crippen LogP contribution is 2.32. The molecule has 0 aliphatic heterocycles. The van der Waals surface area contributed by atoms with Gasteiger partial charge in [-0.05, 0) is 26.2 Å². The van der Waals surface area contributed by atoms with E-state index in [9.17, 15) is 22.8 Å². The number of carbonyl (C=O) groups is 2. The summed E-state index contributed by atoms with van der Waals surface area (Å²) in [6, 6.07) is -0.479. The van der Waals surface area contributed by atoms with Crippen LogP contribution in [0, 0.1) is 0 Å². The third-order valence-corrected chi connectivity index (χ3v) is 3.59. The average molecular weight is 324 g/mol. The number of nitrogens with one attached hydrogen (secondary N) is 2. The van der Waals surface area contributed by atoms with Crippen molar-refractivity contribution in [3.63, 3.8) is 0 Å². The quantitative estimate of drug-likeness (QED) is 0.557. The van der Waals surface area contributed by atoms with Gasteiger partial charge >= 0.3 is 12.1 Å². The van der Waals surface area contributed by atoms with Crippen LogP contribution in [0.25, 0.3) is 0 Å². The van der Waals surface area contributed by atoms with E-state index in [0.717, 1.165) is 12.8 Å². The van der Waals surface area contributed by atoms with Crippen molar-refractivity contribution in [3.8, 4) is 0 Å². The van der Waals surface area contributed by atoms with Crippen molar-refractivity contribution >= 4 is 11.9 Å². The fourth-order valence-electron chi connectivity index (χ4n) is 2.53. The Kier molecular flexibility index (Phi) is 6.65. The first-order valence-corrected chi connectivity index (χ1v) is 7.59. The minimum Gasteiger partial charge on any atom is -0.463 e. The van der Waals surface area contributed by atoms with Gasteiger partial charge in [-0.1, -0.05) is 19.8 Å². The molecule has 1 aliphatic rings. The van der Waals surface area contributed by atoms with Crippen molar-refractivity contribution in [1.29, 1.82) is 0 Å². The summed E-state index contributed by atoms with van der Waals surface area (Å²) in [5.41, 5.74) is -3.18. The summed E-state index contributed by atoms with van der Waals surface area (Å²) in [5, 5.41) is 4.15. The lowest BCUT2D eigenvalue weighted by molar-refractivity contribution is -0.223. The van der Waals surface area contributed by atoms with Gasteiger partial charge in [0.2, 0.25) is 5.91 Å². The van der Waals surface area contributed by atoms with Crippen LogP contribution in [0.3, 0.4) is 0 Å². The van der Waals surface area contributed by atoms with E-state index in [-0.39, 0.29) is 13.0 Å². The van der Waals surface area contributed by atoms with E-state index in [0.29, 0.717) is 19.3 Å². The molecule has 1 unspecified atom stereocenters. The molecule has 8 heteroatoms. The maximum Gasteiger partial charge on any atom is 0.436 e. The van der Waals surface area contributed by atoms with Crippen LogP contribution in [-0.4, -0.2) is 36.4 Å². The lowest BCUT2D eigenvalue weighted by Crippen LogP contribution is -2.74. The van der Waals surface area contributed by atoms with Gasteiger partial charge in [-0.2, -0.15) is 13.2 Å². The lowest BCUT2D eigenvalue weighted by Gasteiger charge is -2.37. The van der Waals surface area contributed by atoms with Crippen molar-refractivity contribution in [2.75, 3.05) is 6.61 Å². The van der Waals surface area contributed by atoms with E-state index < -0.39 is 29.8 Å². The molecule has 1 saturated carbocycles. The lowest BCUT2D eigenvalue weighted by atomic mass is 10.1. The van der Waals surface area contributed by atoms with Crippen LogP contribution in [0.5, 0.6) is 0 Å². The molecule has 0 saturated heterocycles. The van der Waals surface area contributed by atoms with Gasteiger partial charge in [0.05, 0.1) is 6.61 Å². The summed E-state index contributed by atoms with van der Waals surface area (Å²) in [5.74, 6) is -2.35. The van der Waals surface area contributed by atoms with Crippen molar-refractivity contribution in [3.05, 3.63) is 0 Å². The molecule has 0 radical (unpaired) electrons. The molecule has 1 aliphatic carbocycles. The molecule has 1 atom stereocenters. The maximum atomic E-state index is 13.6. The highest BCUT2D eigenvalue weighted by Gasteiger charge is 2.63. The first kappa shape index (κ1) is 18.7. The number of hydrogen-bond acceptors (Lipinski definition) is 4. The number of carbonyl (C=O) groups excluding carboxylic acids is 2. The summed E-state index contributed by atoms with van der Waals surface area (Å²) in [7, 11) is 0. The van der Waals surface area contributed by atoms with Gasteiger partial charge in [-0.25, -0.2) is 4.79 Å². The molecule has 0 aromatic carbocycles. The topological polar surface area (TPSA) is 67.4 Å². The van der Waals surface area contributed by atoms with Crippen molar-refractivity contribution < 1.29 is 27.5 Å². The Morgan fingerprint density at radius 3 is 2.23 bits per heavy atom. The van der Waals surface area contributed by atoms with Gasteiger partial charge in [0.15, 0.2) is 0 Å². The number of ether oxygens (including phenoxy) is 1. The first-order chi connectivity index (χ1) is 10.3. The number of alkyl halides is 3. The Morgan fingerprint density at radius 2 is 1.77 bits per heavy atom. The molecule has 0 spiro atoms. The summed E-state index contributed by atoms with van der Waals surface area (Å²) in [6.45, 7) is 2.89. The van der Waals surface area contributed by atoms with E-state index in [1.165, 1.54) is 6.92 Å². The Bertz CT molecular complexity index is 395. The first-order valence-electron chi connectivity index (χ1n) is 7.59. The molecule has 5 nitrogen and oxygen atoms in total. The molecule has 0 bridgehead atoms. The number of esters is 1. The standard InChI is InChI=1S/C14H23F3N2O3/c1-3-7-11(20)19-13(14(15,16)17,12(21)22-4-2)18-10-8-5-6-9-10/h10,18H,3-9H2,1-2H3,(H,19,20). The SMILES string of the molecule is CCCC(=O)NC(NC1CCCC1)(C(=O)OCC)C(F)(F)F. The second-order valence-electron chi connectivity index (χ2n) is 5.39. The predicted octanol–water partition coefficient (Wildman–Crippen LogP) is 2.26. The van der Waals surface area contributed by atoms with Crippen LogP contribution >= 0.6 is 0 Å². The average Bonchev–Trinajstić information content (AvgIpc) is 2.89. The minimum absolute atomic E-state index is 0.0937. The molecule has 1 rings (SSSR count). The van der Waals surface area contributed by atoms with Gasteiger partial charge in [-0.15, -0.1) is 0 Å². The second kappa shape index (κ2) is 7.80. The van der Waals surface area contributed by atoms with Crippen molar-refractivity contribution in [2.24, 2.45) is 0 Å². The minimum atomic E-state index is -4.99. The maximum absolute atomic E-state index is 13.6. The smallest absolute Gasteiger partial charge is 0.436 e. The van der Waals surface area contributed by atoms with E-state index in [1.807, 2.05) is 5.32 Å². The number of halogens is 3. The molecule has 0 aromatic heterocycles. The zero-order valence-electron chi connectivity index (χ0n) is 12.9. The summed E-state index contributed by atoms with van der Waals surface area (Å²) in [6.07, 6.45) is -2.07. The van der Waals surface area contributed by atoms with Crippen LogP contribution in [0.15, 0.2) is 0 Å². The largest absolute Gasteiger partial charge is 0.463 e. The monoisotopic (exact) mass is 324 g/mol. The van der Waals surface area contributed by atoms with E-state index >= 15 is 0 Å². The van der Waals surface area contributed by atoms with Gasteiger partial charge in [0.1, 0.15) is 0 Å². The summed E-state index contributed by atoms with van der Waals surface area (Å²) in [4.78, 5) is 23.7. The summed E-state index contributed by atoms with van der Waals surface area (Å²) < 4.78 is 45.5. The Labute approximate surface area is 128 Å². The number of hydrogen-bond donors (Lipinski definition) is 2. The Morgan fingerprint density at radius 1 is 1.18 bits per heavy atom. The van der Waals surface area contributed by atoms with Crippen LogP contribution < -0.4 is 10.6 Å². The van der Waals surface area contributed by atoms with Crippen LogP contribution in [-0.2, 0) is 14.3 Å². The van der Waals surface area contributed by atoms with Gasteiger partial charge in [0.25, 0.3) is 5.66 Å². The third-order valence-electron chi connectivity index (χ3n) is 3.59. The highest BCUT2D eigenvalue weighted by molar-refractivity contribution is 5.88. The highest BCUT2D eigenvalue weighted by atomic mass is 19.4. The second-order valence-corrected chi connectivity index (χ2v) is 5.39. The fraction of sp³-hybridized carbons (Fsp3) is 0.857. The molecular formula is C14H23F3N2O3. The zero-order chi connectivity index (χ0) is 16.8. The molecule has 0 heterocycles. The molecule has 22 heavy (non-hydrogen) atoms. The Hall–Kier alpha value is -1.31. The Balaban J connectivity index is 3.10. The molecule has 1 fully saturated rings. The van der Waals surface area contributed by atoms with E-state index in [4.69, 9.17) is 0 Å². The van der Waals surface area contributed by atoms with Crippen molar-refractivity contribution in [1.82, 2.24) is 10.6 Å². The van der Waals surface area contributed by atoms with Crippen LogP contribution in [0.2, 0.25) is 0 Å². The fourth-order valence-corrected chi connectivity index (χ4v) is 2.53. The molecule has 2 N–H and O–H groups in total. The number of rotatable bonds is 7. The molecule has 1 amide bonds. The van der Waals surface area contributed by atoms with E-state index in [1.54, 1.807) is 6.92 Å². The van der Waals surface area contributed by atoms with Crippen molar-refractivity contribution in [2.45, 2.75) is 70.3 Å². The van der Waals surface area contributed by atoms with Gasteiger partial charge < -0.3 is 10.1 Å². The van der Waals surface area contributed by atoms with Crippen LogP contribution in [0.4, 0.5) is 13.2 Å². The zero-order valence-corrected chi connectivity index (χ0v) is 12.9. The normalized spacial score (nSPS) is 18.8. The van der Waals surface area contributed by atoms with Gasteiger partial charge in [0, 0.05) is 12.5 Å².